The number of carboxylic acids is 1. The highest BCUT2D eigenvalue weighted by atomic mass is 35.5. The number of carbonyl (C=O) groups excluding carboxylic acids is 2. The molecule has 8 heteroatoms. The Morgan fingerprint density at radius 1 is 1.48 bits per heavy atom. The zero-order valence-corrected chi connectivity index (χ0v) is 11.6. The molecule has 1 saturated heterocycles. The van der Waals surface area contributed by atoms with Gasteiger partial charge in [0.05, 0.1) is 12.0 Å². The minimum atomic E-state index is -1.22. The van der Waals surface area contributed by atoms with Gasteiger partial charge in [-0.1, -0.05) is 11.6 Å². The third-order valence-corrected chi connectivity index (χ3v) is 3.36. The average molecular weight is 315 g/mol. The zero-order valence-electron chi connectivity index (χ0n) is 10.8. The molecule has 0 spiro atoms. The molecular formula is C13H12ClFN2O4. The van der Waals surface area contributed by atoms with Gasteiger partial charge in [-0.15, -0.1) is 0 Å². The van der Waals surface area contributed by atoms with E-state index in [1.807, 2.05) is 0 Å². The molecule has 1 heterocycles. The van der Waals surface area contributed by atoms with Crippen LogP contribution in [0.25, 0.3) is 0 Å². The fourth-order valence-electron chi connectivity index (χ4n) is 2.14. The van der Waals surface area contributed by atoms with E-state index in [2.05, 4.69) is 5.32 Å². The van der Waals surface area contributed by atoms with Crippen LogP contribution >= 0.6 is 11.6 Å². The summed E-state index contributed by atoms with van der Waals surface area (Å²) in [6, 6.07) is 2.41. The van der Waals surface area contributed by atoms with Crippen LogP contribution in [0.3, 0.4) is 0 Å². The van der Waals surface area contributed by atoms with Gasteiger partial charge in [0.15, 0.2) is 0 Å². The standard InChI is InChI=1S/C13H12ClFN2O4/c14-7-1-2-8(9(15)5-7)13(21)17-4-3-16-12(20)10(17)6-11(18)19/h1-2,5,10H,3-4,6H2,(H,16,20)(H,18,19). The maximum absolute atomic E-state index is 13.8. The fraction of sp³-hybridized carbons (Fsp3) is 0.308. The molecule has 1 aromatic carbocycles. The lowest BCUT2D eigenvalue weighted by Crippen LogP contribution is -2.57. The monoisotopic (exact) mass is 314 g/mol. The number of nitrogens with one attached hydrogen (secondary N) is 1. The first-order valence-corrected chi connectivity index (χ1v) is 6.53. The van der Waals surface area contributed by atoms with Crippen molar-refractivity contribution in [2.75, 3.05) is 13.1 Å². The van der Waals surface area contributed by atoms with Crippen LogP contribution in [0.4, 0.5) is 4.39 Å². The quantitative estimate of drug-likeness (QED) is 0.867. The Morgan fingerprint density at radius 3 is 2.81 bits per heavy atom. The minimum Gasteiger partial charge on any atom is -0.481 e. The third-order valence-electron chi connectivity index (χ3n) is 3.12. The first-order valence-electron chi connectivity index (χ1n) is 6.15. The SMILES string of the molecule is O=C(O)CC1C(=O)NCCN1C(=O)c1ccc(Cl)cc1F. The number of carbonyl (C=O) groups is 3. The van der Waals surface area contributed by atoms with Crippen LogP contribution in [0.2, 0.25) is 5.02 Å². The van der Waals surface area contributed by atoms with Crippen LogP contribution < -0.4 is 5.32 Å². The molecule has 1 fully saturated rings. The molecule has 2 N–H and O–H groups in total. The lowest BCUT2D eigenvalue weighted by atomic mass is 10.1. The number of rotatable bonds is 3. The molecule has 0 radical (unpaired) electrons. The second-order valence-corrected chi connectivity index (χ2v) is 4.96. The number of aliphatic carboxylic acids is 1. The zero-order chi connectivity index (χ0) is 15.6. The molecule has 1 aliphatic heterocycles. The Bertz CT molecular complexity index is 608. The predicted octanol–water partition coefficient (Wildman–Crippen LogP) is 0.894. The van der Waals surface area contributed by atoms with E-state index in [-0.39, 0.29) is 23.7 Å². The number of carboxylic acid groups (broad SMARTS) is 1. The van der Waals surface area contributed by atoms with Gasteiger partial charge in [-0.2, -0.15) is 0 Å². The van der Waals surface area contributed by atoms with E-state index in [9.17, 15) is 18.8 Å². The highest BCUT2D eigenvalue weighted by Crippen LogP contribution is 2.19. The molecule has 1 unspecified atom stereocenters. The van der Waals surface area contributed by atoms with Gasteiger partial charge in [-0.25, -0.2) is 4.39 Å². The van der Waals surface area contributed by atoms with Crippen LogP contribution in [-0.2, 0) is 9.59 Å². The predicted molar refractivity (Wildman–Crippen MR) is 71.5 cm³/mol. The van der Waals surface area contributed by atoms with Gasteiger partial charge in [0, 0.05) is 18.1 Å². The van der Waals surface area contributed by atoms with E-state index < -0.39 is 36.1 Å². The maximum atomic E-state index is 13.8. The molecule has 2 rings (SSSR count). The van der Waals surface area contributed by atoms with Crippen molar-refractivity contribution in [3.05, 3.63) is 34.6 Å². The van der Waals surface area contributed by atoms with Crippen LogP contribution in [0.1, 0.15) is 16.8 Å². The van der Waals surface area contributed by atoms with Gasteiger partial charge >= 0.3 is 5.97 Å². The molecule has 1 atom stereocenters. The lowest BCUT2D eigenvalue weighted by Gasteiger charge is -2.34. The lowest BCUT2D eigenvalue weighted by molar-refractivity contribution is -0.142. The molecule has 0 saturated carbocycles. The summed E-state index contributed by atoms with van der Waals surface area (Å²) in [5, 5.41) is 11.5. The smallest absolute Gasteiger partial charge is 0.305 e. The van der Waals surface area contributed by atoms with Crippen LogP contribution in [0, 0.1) is 5.82 Å². The summed E-state index contributed by atoms with van der Waals surface area (Å²) in [5.74, 6) is -3.32. The number of nitrogens with zero attached hydrogens (tertiary/aromatic N) is 1. The van der Waals surface area contributed by atoms with Gasteiger partial charge in [-0.3, -0.25) is 14.4 Å². The normalized spacial score (nSPS) is 18.3. The van der Waals surface area contributed by atoms with Gasteiger partial charge in [0.25, 0.3) is 5.91 Å². The largest absolute Gasteiger partial charge is 0.481 e. The van der Waals surface area contributed by atoms with E-state index in [1.165, 1.54) is 12.1 Å². The molecule has 0 bridgehead atoms. The Morgan fingerprint density at radius 2 is 2.19 bits per heavy atom. The Hall–Kier alpha value is -2.15. The topological polar surface area (TPSA) is 86.7 Å². The van der Waals surface area contributed by atoms with Gasteiger partial charge < -0.3 is 15.3 Å². The molecule has 1 aromatic rings. The van der Waals surface area contributed by atoms with Crippen molar-refractivity contribution in [3.63, 3.8) is 0 Å². The molecule has 1 aliphatic rings. The second kappa shape index (κ2) is 6.09. The van der Waals surface area contributed by atoms with Crippen LogP contribution in [0.15, 0.2) is 18.2 Å². The summed E-state index contributed by atoms with van der Waals surface area (Å²) < 4.78 is 13.8. The van der Waals surface area contributed by atoms with Crippen molar-refractivity contribution < 1.29 is 23.9 Å². The van der Waals surface area contributed by atoms with E-state index in [4.69, 9.17) is 16.7 Å². The van der Waals surface area contributed by atoms with Crippen molar-refractivity contribution in [1.82, 2.24) is 10.2 Å². The number of hydrogen-bond donors (Lipinski definition) is 2. The molecule has 0 aromatic heterocycles. The van der Waals surface area contributed by atoms with Gasteiger partial charge in [-0.05, 0) is 18.2 Å². The minimum absolute atomic E-state index is 0.116. The van der Waals surface area contributed by atoms with E-state index in [1.54, 1.807) is 0 Å². The summed E-state index contributed by atoms with van der Waals surface area (Å²) in [7, 11) is 0. The highest BCUT2D eigenvalue weighted by Gasteiger charge is 2.35. The first kappa shape index (κ1) is 15.2. The first-order chi connectivity index (χ1) is 9.90. The third kappa shape index (κ3) is 3.30. The Kier molecular flexibility index (Phi) is 4.42. The molecule has 0 aliphatic carbocycles. The number of benzene rings is 1. The highest BCUT2D eigenvalue weighted by molar-refractivity contribution is 6.30. The number of amides is 2. The number of halogens is 2. The molecular weight excluding hydrogens is 303 g/mol. The maximum Gasteiger partial charge on any atom is 0.305 e. The Labute approximate surface area is 124 Å². The van der Waals surface area contributed by atoms with Crippen LogP contribution in [0.5, 0.6) is 0 Å². The van der Waals surface area contributed by atoms with Crippen LogP contribution in [-0.4, -0.2) is 46.9 Å². The van der Waals surface area contributed by atoms with Crippen molar-refractivity contribution in [2.24, 2.45) is 0 Å². The fourth-order valence-corrected chi connectivity index (χ4v) is 2.30. The molecule has 2 amide bonds. The van der Waals surface area contributed by atoms with Crippen molar-refractivity contribution in [1.29, 1.82) is 0 Å². The van der Waals surface area contributed by atoms with E-state index in [0.29, 0.717) is 0 Å². The summed E-state index contributed by atoms with van der Waals surface area (Å²) in [4.78, 5) is 36.0. The van der Waals surface area contributed by atoms with Gasteiger partial charge in [0.1, 0.15) is 11.9 Å². The number of hydrogen-bond acceptors (Lipinski definition) is 3. The van der Waals surface area contributed by atoms with E-state index >= 15 is 0 Å². The van der Waals surface area contributed by atoms with Crippen molar-refractivity contribution in [2.45, 2.75) is 12.5 Å². The van der Waals surface area contributed by atoms with E-state index in [0.717, 1.165) is 11.0 Å². The molecule has 6 nitrogen and oxygen atoms in total. The second-order valence-electron chi connectivity index (χ2n) is 4.53. The Balaban J connectivity index is 2.30. The summed E-state index contributed by atoms with van der Waals surface area (Å²) in [5.41, 5.74) is -0.246. The van der Waals surface area contributed by atoms with Gasteiger partial charge in [0.2, 0.25) is 5.91 Å². The summed E-state index contributed by atoms with van der Waals surface area (Å²) in [6.45, 7) is 0.306. The molecule has 112 valence electrons. The molecule has 21 heavy (non-hydrogen) atoms. The average Bonchev–Trinajstić information content (AvgIpc) is 2.40. The summed E-state index contributed by atoms with van der Waals surface area (Å²) in [6.07, 6.45) is -0.535. The van der Waals surface area contributed by atoms with Crippen molar-refractivity contribution >= 4 is 29.4 Å². The number of piperazine rings is 1. The van der Waals surface area contributed by atoms with Crippen molar-refractivity contribution in [3.8, 4) is 0 Å². The summed E-state index contributed by atoms with van der Waals surface area (Å²) >= 11 is 5.62.